The molecule has 0 saturated carbocycles. The topological polar surface area (TPSA) is 121 Å². The van der Waals surface area contributed by atoms with Crippen molar-refractivity contribution in [3.63, 3.8) is 0 Å². The molecule has 2 unspecified atom stereocenters. The molecule has 2 aliphatic heterocycles. The van der Waals surface area contributed by atoms with Crippen LogP contribution in [-0.2, 0) is 21.7 Å². The largest absolute Gasteiger partial charge is 0.384 e. The van der Waals surface area contributed by atoms with Crippen LogP contribution in [0.15, 0.2) is 53.2 Å². The van der Waals surface area contributed by atoms with Gasteiger partial charge >= 0.3 is 0 Å². The van der Waals surface area contributed by atoms with Gasteiger partial charge in [0, 0.05) is 54.2 Å². The van der Waals surface area contributed by atoms with Crippen LogP contribution in [-0.4, -0.2) is 50.0 Å². The lowest BCUT2D eigenvalue weighted by Gasteiger charge is -2.50. The van der Waals surface area contributed by atoms with Gasteiger partial charge in [-0.2, -0.15) is 4.98 Å². The fraction of sp³-hybridized carbons (Fsp3) is 0.387. The summed E-state index contributed by atoms with van der Waals surface area (Å²) in [6.45, 7) is 7.52. The average molecular weight is 558 g/mol. The minimum atomic E-state index is -1.41. The van der Waals surface area contributed by atoms with E-state index in [1.165, 1.54) is 0 Å². The number of pyridine rings is 1. The summed E-state index contributed by atoms with van der Waals surface area (Å²) in [4.78, 5) is 34.9. The molecule has 212 valence electrons. The number of aliphatic hydroxyl groups is 1. The molecule has 41 heavy (non-hydrogen) atoms. The summed E-state index contributed by atoms with van der Waals surface area (Å²) in [5.74, 6) is -0.734. The Morgan fingerprint density at radius 3 is 2.63 bits per heavy atom. The molecule has 2 N–H and O–H groups in total. The molecule has 2 fully saturated rings. The highest BCUT2D eigenvalue weighted by atomic mass is 19.1. The lowest BCUT2D eigenvalue weighted by Crippen LogP contribution is -2.55. The van der Waals surface area contributed by atoms with Crippen LogP contribution in [0.5, 0.6) is 0 Å². The zero-order valence-electron chi connectivity index (χ0n) is 23.3. The molecule has 10 heteroatoms. The van der Waals surface area contributed by atoms with Crippen molar-refractivity contribution < 1.29 is 23.6 Å². The van der Waals surface area contributed by atoms with E-state index >= 15 is 4.39 Å². The van der Waals surface area contributed by atoms with E-state index < -0.39 is 28.7 Å². The second-order valence-electron chi connectivity index (χ2n) is 11.8. The Balaban J connectivity index is 1.23. The number of hydrogen-bond donors (Lipinski definition) is 2. The van der Waals surface area contributed by atoms with Gasteiger partial charge in [-0.1, -0.05) is 37.2 Å². The number of rotatable bonds is 5. The number of nitrogens with one attached hydrogen (secondary N) is 1. The molecule has 2 aromatic heterocycles. The van der Waals surface area contributed by atoms with Crippen molar-refractivity contribution in [1.82, 2.24) is 25.3 Å². The Bertz CT molecular complexity index is 1650. The molecule has 9 nitrogen and oxygen atoms in total. The zero-order chi connectivity index (χ0) is 28.9. The second kappa shape index (κ2) is 10.1. The van der Waals surface area contributed by atoms with Crippen LogP contribution in [0, 0.1) is 18.2 Å². The number of aryl methyl sites for hydroxylation is 1. The molecule has 0 bridgehead atoms. The first-order chi connectivity index (χ1) is 19.5. The first kappa shape index (κ1) is 27.2. The molecule has 2 saturated heterocycles. The summed E-state index contributed by atoms with van der Waals surface area (Å²) in [5.41, 5.74) is 1.11. The molecule has 2 aromatic carbocycles. The van der Waals surface area contributed by atoms with Gasteiger partial charge in [0.15, 0.2) is 5.82 Å². The van der Waals surface area contributed by atoms with Crippen molar-refractivity contribution in [2.45, 2.75) is 58.1 Å². The quantitative estimate of drug-likeness (QED) is 0.347. The number of carbonyl (C=O) groups excluding carboxylic acids is 2. The van der Waals surface area contributed by atoms with Crippen LogP contribution in [0.3, 0.4) is 0 Å². The third kappa shape index (κ3) is 4.91. The van der Waals surface area contributed by atoms with Crippen molar-refractivity contribution in [1.29, 1.82) is 0 Å². The van der Waals surface area contributed by atoms with Crippen molar-refractivity contribution >= 4 is 22.7 Å². The van der Waals surface area contributed by atoms with Crippen LogP contribution in [0.25, 0.3) is 22.4 Å². The number of carbonyl (C=O) groups is 2. The van der Waals surface area contributed by atoms with Crippen molar-refractivity contribution in [3.05, 3.63) is 77.0 Å². The van der Waals surface area contributed by atoms with Gasteiger partial charge in [0.2, 0.25) is 11.8 Å². The number of piperidine rings is 2. The number of benzene rings is 2. The van der Waals surface area contributed by atoms with E-state index in [9.17, 15) is 14.7 Å². The van der Waals surface area contributed by atoms with Gasteiger partial charge in [-0.25, -0.2) is 4.39 Å². The summed E-state index contributed by atoms with van der Waals surface area (Å²) in [6, 6.07) is 12.9. The first-order valence-electron chi connectivity index (χ1n) is 13.8. The summed E-state index contributed by atoms with van der Waals surface area (Å²) >= 11 is 0. The maximum atomic E-state index is 16.2. The molecule has 6 rings (SSSR count). The number of halogens is 1. The fourth-order valence-electron chi connectivity index (χ4n) is 6.19. The Kier molecular flexibility index (Phi) is 6.70. The number of nitrogens with zero attached hydrogens (tertiary/aromatic N) is 4. The fourth-order valence-corrected chi connectivity index (χ4v) is 6.19. The Labute approximate surface area is 236 Å². The highest BCUT2D eigenvalue weighted by Gasteiger charge is 2.50. The number of fused-ring (bicyclic) bond motifs is 1. The van der Waals surface area contributed by atoms with E-state index in [1.807, 2.05) is 38.1 Å². The third-order valence-electron chi connectivity index (χ3n) is 8.57. The van der Waals surface area contributed by atoms with Gasteiger partial charge in [0.1, 0.15) is 5.82 Å². The smallest absolute Gasteiger partial charge is 0.257 e. The maximum Gasteiger partial charge on any atom is 0.257 e. The Hall–Kier alpha value is -4.02. The van der Waals surface area contributed by atoms with Crippen LogP contribution in [0.4, 0.5) is 4.39 Å². The van der Waals surface area contributed by atoms with E-state index in [0.29, 0.717) is 55.3 Å². The van der Waals surface area contributed by atoms with Crippen LogP contribution in [0.1, 0.15) is 61.5 Å². The molecule has 0 spiro atoms. The lowest BCUT2D eigenvalue weighted by molar-refractivity contribution is -0.134. The van der Waals surface area contributed by atoms with Gasteiger partial charge in [-0.3, -0.25) is 24.8 Å². The standard InChI is InChI=1S/C31H32FN5O4/c1-18-34-29(41-36-18)20-6-4-19(5-7-20)16-37-13-12-31(40,30(2,3)17-37)24-9-10-25-23(27(24)32)14-21(15-33-25)22-8-11-26(38)35-28(22)39/h4-7,9-10,14-15,22,40H,8,11-13,16-17H2,1-3H3,(H,35,38,39). The molecule has 2 atom stereocenters. The van der Waals surface area contributed by atoms with Crippen LogP contribution in [0.2, 0.25) is 0 Å². The van der Waals surface area contributed by atoms with Gasteiger partial charge in [-0.15, -0.1) is 0 Å². The highest BCUT2D eigenvalue weighted by molar-refractivity contribution is 6.01. The van der Waals surface area contributed by atoms with E-state index in [1.54, 1.807) is 31.3 Å². The van der Waals surface area contributed by atoms with Gasteiger partial charge < -0.3 is 9.63 Å². The summed E-state index contributed by atoms with van der Waals surface area (Å²) in [6.07, 6.45) is 2.49. The summed E-state index contributed by atoms with van der Waals surface area (Å²) in [7, 11) is 0. The summed E-state index contributed by atoms with van der Waals surface area (Å²) in [5, 5.41) is 18.5. The summed E-state index contributed by atoms with van der Waals surface area (Å²) < 4.78 is 21.4. The molecule has 2 amide bonds. The molecular formula is C31H32FN5O4. The monoisotopic (exact) mass is 557 g/mol. The average Bonchev–Trinajstić information content (AvgIpc) is 3.37. The van der Waals surface area contributed by atoms with Crippen molar-refractivity contribution in [2.75, 3.05) is 13.1 Å². The maximum absolute atomic E-state index is 16.2. The Morgan fingerprint density at radius 1 is 1.17 bits per heavy atom. The molecule has 4 aromatic rings. The lowest BCUT2D eigenvalue weighted by atomic mass is 9.66. The molecule has 0 radical (unpaired) electrons. The Morgan fingerprint density at radius 2 is 1.95 bits per heavy atom. The number of amides is 2. The second-order valence-corrected chi connectivity index (χ2v) is 11.8. The van der Waals surface area contributed by atoms with E-state index in [2.05, 4.69) is 25.3 Å². The highest BCUT2D eigenvalue weighted by Crippen LogP contribution is 2.48. The number of imide groups is 1. The van der Waals surface area contributed by atoms with E-state index in [4.69, 9.17) is 4.52 Å². The normalized spacial score (nSPS) is 23.1. The first-order valence-corrected chi connectivity index (χ1v) is 13.8. The molecule has 4 heterocycles. The number of likely N-dealkylation sites (tertiary alicyclic amines) is 1. The predicted octanol–water partition coefficient (Wildman–Crippen LogP) is 4.37. The van der Waals surface area contributed by atoms with Crippen LogP contribution >= 0.6 is 0 Å². The zero-order valence-corrected chi connectivity index (χ0v) is 23.3. The minimum Gasteiger partial charge on any atom is -0.384 e. The van der Waals surface area contributed by atoms with E-state index in [-0.39, 0.29) is 23.3 Å². The van der Waals surface area contributed by atoms with Crippen molar-refractivity contribution in [2.24, 2.45) is 5.41 Å². The van der Waals surface area contributed by atoms with Gasteiger partial charge in [0.25, 0.3) is 5.89 Å². The van der Waals surface area contributed by atoms with E-state index in [0.717, 1.165) is 11.1 Å². The molecule has 0 aliphatic carbocycles. The number of hydrogen-bond acceptors (Lipinski definition) is 8. The molecule has 2 aliphatic rings. The number of aromatic nitrogens is 3. The van der Waals surface area contributed by atoms with Crippen LogP contribution < -0.4 is 5.32 Å². The van der Waals surface area contributed by atoms with Crippen molar-refractivity contribution in [3.8, 4) is 11.5 Å². The van der Waals surface area contributed by atoms with Gasteiger partial charge in [-0.05, 0) is 55.2 Å². The third-order valence-corrected chi connectivity index (χ3v) is 8.57. The minimum absolute atomic E-state index is 0.226. The van der Waals surface area contributed by atoms with Gasteiger partial charge in [0.05, 0.1) is 17.0 Å². The predicted molar refractivity (Wildman–Crippen MR) is 149 cm³/mol. The SMILES string of the molecule is Cc1noc(-c2ccc(CN3CCC(O)(c4ccc5ncc(C6CCC(=O)NC6=O)cc5c4F)C(C)(C)C3)cc2)n1. The molecular weight excluding hydrogens is 525 g/mol.